The molecule has 1 fully saturated rings. The highest BCUT2D eigenvalue weighted by Gasteiger charge is 2.42. The molecule has 1 aromatic rings. The van der Waals surface area contributed by atoms with Crippen LogP contribution in [0.2, 0.25) is 10.0 Å². The molecule has 1 aromatic carbocycles. The zero-order valence-corrected chi connectivity index (χ0v) is 11.4. The van der Waals surface area contributed by atoms with E-state index in [9.17, 15) is 0 Å². The Kier molecular flexibility index (Phi) is 3.99. The van der Waals surface area contributed by atoms with Gasteiger partial charge in [-0.1, -0.05) is 29.3 Å². The third kappa shape index (κ3) is 2.60. The Labute approximate surface area is 112 Å². The predicted molar refractivity (Wildman–Crippen MR) is 71.7 cm³/mol. The Morgan fingerprint density at radius 3 is 2.59 bits per heavy atom. The Hall–Kier alpha value is -0.280. The zero-order chi connectivity index (χ0) is 12.5. The van der Waals surface area contributed by atoms with E-state index in [1.807, 2.05) is 12.1 Å². The molecular weight excluding hydrogens is 257 g/mol. The van der Waals surface area contributed by atoms with E-state index in [0.717, 1.165) is 24.8 Å². The van der Waals surface area contributed by atoms with Gasteiger partial charge in [-0.2, -0.15) is 0 Å². The quantitative estimate of drug-likeness (QED) is 0.912. The molecule has 0 saturated heterocycles. The second kappa shape index (κ2) is 5.15. The van der Waals surface area contributed by atoms with Crippen LogP contribution in [-0.2, 0) is 11.2 Å². The van der Waals surface area contributed by atoms with Crippen LogP contribution in [-0.4, -0.2) is 18.8 Å². The fraction of sp³-hybridized carbons (Fsp3) is 0.538. The predicted octanol–water partition coefficient (Wildman–Crippen LogP) is 3.43. The summed E-state index contributed by atoms with van der Waals surface area (Å²) >= 11 is 12.0. The lowest BCUT2D eigenvalue weighted by molar-refractivity contribution is -0.0896. The Morgan fingerprint density at radius 1 is 1.41 bits per heavy atom. The molecule has 2 N–H and O–H groups in total. The first kappa shape index (κ1) is 13.2. The summed E-state index contributed by atoms with van der Waals surface area (Å²) in [4.78, 5) is 0. The minimum absolute atomic E-state index is 0.0140. The summed E-state index contributed by atoms with van der Waals surface area (Å²) in [6.07, 6.45) is 3.99. The molecule has 4 heteroatoms. The Morgan fingerprint density at radius 2 is 2.12 bits per heavy atom. The number of methoxy groups -OCH3 is 1. The maximum atomic E-state index is 6.25. The molecule has 2 nitrogen and oxygen atoms in total. The van der Waals surface area contributed by atoms with Crippen molar-refractivity contribution in [2.45, 2.75) is 37.3 Å². The number of halogens is 2. The fourth-order valence-electron chi connectivity index (χ4n) is 2.36. The summed E-state index contributed by atoms with van der Waals surface area (Å²) < 4.78 is 5.58. The van der Waals surface area contributed by atoms with Crippen LogP contribution in [0.4, 0.5) is 0 Å². The minimum atomic E-state index is -0.150. The molecule has 1 unspecified atom stereocenters. The second-order valence-electron chi connectivity index (χ2n) is 4.67. The van der Waals surface area contributed by atoms with Crippen LogP contribution in [0, 0.1) is 0 Å². The summed E-state index contributed by atoms with van der Waals surface area (Å²) in [7, 11) is 1.74. The van der Waals surface area contributed by atoms with Gasteiger partial charge >= 0.3 is 0 Å². The van der Waals surface area contributed by atoms with E-state index < -0.39 is 0 Å². The second-order valence-corrected chi connectivity index (χ2v) is 5.51. The maximum Gasteiger partial charge on any atom is 0.0832 e. The van der Waals surface area contributed by atoms with Crippen LogP contribution >= 0.6 is 23.2 Å². The summed E-state index contributed by atoms with van der Waals surface area (Å²) in [6, 6.07) is 5.52. The molecule has 0 spiro atoms. The van der Waals surface area contributed by atoms with Crippen molar-refractivity contribution in [2.75, 3.05) is 7.11 Å². The van der Waals surface area contributed by atoms with Crippen LogP contribution in [0.25, 0.3) is 0 Å². The summed E-state index contributed by atoms with van der Waals surface area (Å²) in [6.45, 7) is 0. The topological polar surface area (TPSA) is 35.2 Å². The number of nitrogens with two attached hydrogens (primary N) is 1. The van der Waals surface area contributed by atoms with Gasteiger partial charge in [0.15, 0.2) is 0 Å². The maximum absolute atomic E-state index is 6.25. The Balaban J connectivity index is 2.10. The SMILES string of the molecule is COC1(C(N)Cc2ccc(Cl)cc2Cl)CCC1. The lowest BCUT2D eigenvalue weighted by Gasteiger charge is -2.45. The summed E-state index contributed by atoms with van der Waals surface area (Å²) in [5.74, 6) is 0. The first-order valence-electron chi connectivity index (χ1n) is 5.82. The van der Waals surface area contributed by atoms with Crippen molar-refractivity contribution in [2.24, 2.45) is 5.73 Å². The normalized spacial score (nSPS) is 19.8. The van der Waals surface area contributed by atoms with Gasteiger partial charge in [-0.25, -0.2) is 0 Å². The lowest BCUT2D eigenvalue weighted by Crippen LogP contribution is -2.55. The number of rotatable bonds is 4. The van der Waals surface area contributed by atoms with Gasteiger partial charge in [0.25, 0.3) is 0 Å². The smallest absolute Gasteiger partial charge is 0.0832 e. The van der Waals surface area contributed by atoms with E-state index in [-0.39, 0.29) is 11.6 Å². The van der Waals surface area contributed by atoms with Gasteiger partial charge in [-0.05, 0) is 43.4 Å². The number of benzene rings is 1. The van der Waals surface area contributed by atoms with Crippen molar-refractivity contribution in [3.05, 3.63) is 33.8 Å². The lowest BCUT2D eigenvalue weighted by atomic mass is 9.73. The average Bonchev–Trinajstić information content (AvgIpc) is 2.21. The fourth-order valence-corrected chi connectivity index (χ4v) is 2.85. The van der Waals surface area contributed by atoms with Crippen molar-refractivity contribution < 1.29 is 4.74 Å². The molecule has 0 aliphatic heterocycles. The van der Waals surface area contributed by atoms with Crippen molar-refractivity contribution in [1.82, 2.24) is 0 Å². The first-order valence-corrected chi connectivity index (χ1v) is 6.58. The molecule has 2 rings (SSSR count). The Bertz CT molecular complexity index is 399. The van der Waals surface area contributed by atoms with Gasteiger partial charge in [0.1, 0.15) is 0 Å². The van der Waals surface area contributed by atoms with Gasteiger partial charge in [-0.15, -0.1) is 0 Å². The number of ether oxygens (including phenoxy) is 1. The minimum Gasteiger partial charge on any atom is -0.377 e. The number of hydrogen-bond acceptors (Lipinski definition) is 2. The molecule has 0 bridgehead atoms. The van der Waals surface area contributed by atoms with Crippen LogP contribution in [0.3, 0.4) is 0 Å². The van der Waals surface area contributed by atoms with Crippen molar-refractivity contribution in [3.8, 4) is 0 Å². The van der Waals surface area contributed by atoms with Crippen LogP contribution in [0.1, 0.15) is 24.8 Å². The molecule has 0 amide bonds. The highest BCUT2D eigenvalue weighted by molar-refractivity contribution is 6.35. The van der Waals surface area contributed by atoms with Crippen molar-refractivity contribution in [1.29, 1.82) is 0 Å². The average molecular weight is 274 g/mol. The van der Waals surface area contributed by atoms with Gasteiger partial charge in [0.2, 0.25) is 0 Å². The van der Waals surface area contributed by atoms with E-state index in [2.05, 4.69) is 0 Å². The van der Waals surface area contributed by atoms with E-state index in [1.54, 1.807) is 13.2 Å². The molecule has 0 radical (unpaired) electrons. The van der Waals surface area contributed by atoms with Crippen LogP contribution in [0.5, 0.6) is 0 Å². The van der Waals surface area contributed by atoms with Gasteiger partial charge in [0, 0.05) is 23.2 Å². The molecule has 0 heterocycles. The third-order valence-electron chi connectivity index (χ3n) is 3.74. The molecule has 1 atom stereocenters. The zero-order valence-electron chi connectivity index (χ0n) is 9.88. The van der Waals surface area contributed by atoms with Crippen molar-refractivity contribution in [3.63, 3.8) is 0 Å². The van der Waals surface area contributed by atoms with Gasteiger partial charge < -0.3 is 10.5 Å². The largest absolute Gasteiger partial charge is 0.377 e. The molecule has 1 aliphatic carbocycles. The highest BCUT2D eigenvalue weighted by atomic mass is 35.5. The van der Waals surface area contributed by atoms with Crippen molar-refractivity contribution >= 4 is 23.2 Å². The standard InChI is InChI=1S/C13H17Cl2NO/c1-17-13(5-2-6-13)12(16)7-9-3-4-10(14)8-11(9)15/h3-4,8,12H,2,5-7,16H2,1H3. The van der Waals surface area contributed by atoms with E-state index in [1.165, 1.54) is 6.42 Å². The van der Waals surface area contributed by atoms with E-state index >= 15 is 0 Å². The summed E-state index contributed by atoms with van der Waals surface area (Å²) in [5, 5.41) is 1.33. The highest BCUT2D eigenvalue weighted by Crippen LogP contribution is 2.38. The van der Waals surface area contributed by atoms with Gasteiger partial charge in [-0.3, -0.25) is 0 Å². The van der Waals surface area contributed by atoms with Gasteiger partial charge in [0.05, 0.1) is 5.60 Å². The molecule has 1 saturated carbocycles. The monoisotopic (exact) mass is 273 g/mol. The summed E-state index contributed by atoms with van der Waals surface area (Å²) in [5.41, 5.74) is 7.13. The molecule has 1 aliphatic rings. The molecule has 17 heavy (non-hydrogen) atoms. The first-order chi connectivity index (χ1) is 8.07. The van der Waals surface area contributed by atoms with Crippen LogP contribution < -0.4 is 5.73 Å². The van der Waals surface area contributed by atoms with E-state index in [0.29, 0.717) is 10.0 Å². The molecule has 94 valence electrons. The number of hydrogen-bond donors (Lipinski definition) is 1. The van der Waals surface area contributed by atoms with Crippen LogP contribution in [0.15, 0.2) is 18.2 Å². The molecular formula is C13H17Cl2NO. The third-order valence-corrected chi connectivity index (χ3v) is 4.32. The van der Waals surface area contributed by atoms with E-state index in [4.69, 9.17) is 33.7 Å². The molecule has 0 aromatic heterocycles.